The lowest BCUT2D eigenvalue weighted by Gasteiger charge is -2.58. The van der Waals surface area contributed by atoms with Crippen molar-refractivity contribution >= 4 is 17.9 Å². The summed E-state index contributed by atoms with van der Waals surface area (Å²) in [5, 5.41) is 0. The van der Waals surface area contributed by atoms with Gasteiger partial charge in [0.25, 0.3) is 0 Å². The van der Waals surface area contributed by atoms with Gasteiger partial charge >= 0.3 is 6.09 Å². The number of piperazine rings is 1. The van der Waals surface area contributed by atoms with Crippen molar-refractivity contribution in [2.75, 3.05) is 33.2 Å². The van der Waals surface area contributed by atoms with Crippen LogP contribution >= 0.6 is 0 Å². The average molecular weight is 365 g/mol. The Morgan fingerprint density at radius 3 is 2.08 bits per heavy atom. The van der Waals surface area contributed by atoms with Crippen LogP contribution in [0.15, 0.2) is 0 Å². The molecule has 0 aromatic carbocycles. The largest absolute Gasteiger partial charge is 0.444 e. The molecule has 2 aliphatic heterocycles. The number of carbonyl (C=O) groups is 3. The molecule has 0 radical (unpaired) electrons. The van der Waals surface area contributed by atoms with E-state index in [2.05, 4.69) is 0 Å². The Morgan fingerprint density at radius 2 is 1.54 bits per heavy atom. The van der Waals surface area contributed by atoms with E-state index in [-0.39, 0.29) is 23.4 Å². The number of ether oxygens (including phenoxy) is 1. The van der Waals surface area contributed by atoms with Gasteiger partial charge in [0.15, 0.2) is 0 Å². The second kappa shape index (κ2) is 6.74. The van der Waals surface area contributed by atoms with Crippen LogP contribution in [0.1, 0.15) is 52.9 Å². The number of hydrogen-bond acceptors (Lipinski definition) is 4. The number of amides is 3. The van der Waals surface area contributed by atoms with Gasteiger partial charge in [0, 0.05) is 33.2 Å². The standard InChI is InChI=1S/C19H31N3O4/c1-18(2,3)26-17(25)22-12-10-21(11-13-22)16(24)14-15(23)20(4)19(14)8-6-5-7-9-19/h14H,5-13H2,1-4H3. The molecule has 0 N–H and O–H groups in total. The predicted octanol–water partition coefficient (Wildman–Crippen LogP) is 1.86. The minimum Gasteiger partial charge on any atom is -0.444 e. The number of hydrogen-bond donors (Lipinski definition) is 0. The molecule has 1 spiro atoms. The number of β-lactam (4-membered cyclic amide) rings is 1. The van der Waals surface area contributed by atoms with Gasteiger partial charge in [-0.25, -0.2) is 4.79 Å². The van der Waals surface area contributed by atoms with Crippen LogP contribution in [0.5, 0.6) is 0 Å². The van der Waals surface area contributed by atoms with E-state index in [1.807, 2.05) is 27.8 Å². The number of likely N-dealkylation sites (tertiary alicyclic amines) is 1. The van der Waals surface area contributed by atoms with Crippen molar-refractivity contribution in [2.24, 2.45) is 5.92 Å². The van der Waals surface area contributed by atoms with Gasteiger partial charge in [0.1, 0.15) is 11.5 Å². The van der Waals surface area contributed by atoms with E-state index in [9.17, 15) is 14.4 Å². The molecule has 3 fully saturated rings. The first kappa shape index (κ1) is 19.0. The fraction of sp³-hybridized carbons (Fsp3) is 0.842. The summed E-state index contributed by atoms with van der Waals surface area (Å²) >= 11 is 0. The summed E-state index contributed by atoms with van der Waals surface area (Å²) < 4.78 is 5.40. The Balaban J connectivity index is 1.60. The highest BCUT2D eigenvalue weighted by atomic mass is 16.6. The third kappa shape index (κ3) is 3.28. The van der Waals surface area contributed by atoms with Gasteiger partial charge in [-0.15, -0.1) is 0 Å². The van der Waals surface area contributed by atoms with E-state index in [0.717, 1.165) is 25.7 Å². The summed E-state index contributed by atoms with van der Waals surface area (Å²) in [4.78, 5) is 42.9. The SMILES string of the molecule is CN1C(=O)C(C(=O)N2CCN(C(=O)OC(C)(C)C)CC2)C12CCCCC2. The zero-order valence-corrected chi connectivity index (χ0v) is 16.4. The zero-order chi connectivity index (χ0) is 19.1. The van der Waals surface area contributed by atoms with E-state index in [4.69, 9.17) is 4.74 Å². The summed E-state index contributed by atoms with van der Waals surface area (Å²) in [6.07, 6.45) is 4.83. The van der Waals surface area contributed by atoms with Crippen LogP contribution < -0.4 is 0 Å². The highest BCUT2D eigenvalue weighted by Crippen LogP contribution is 2.47. The summed E-state index contributed by atoms with van der Waals surface area (Å²) in [5.74, 6) is -0.633. The molecule has 2 saturated heterocycles. The number of nitrogens with zero attached hydrogens (tertiary/aromatic N) is 3. The molecule has 0 bridgehead atoms. The Kier molecular flexibility index (Phi) is 4.92. The quantitative estimate of drug-likeness (QED) is 0.525. The molecular weight excluding hydrogens is 334 g/mol. The van der Waals surface area contributed by atoms with Crippen molar-refractivity contribution in [2.45, 2.75) is 64.0 Å². The van der Waals surface area contributed by atoms with Crippen LogP contribution in [-0.2, 0) is 14.3 Å². The smallest absolute Gasteiger partial charge is 0.410 e. The molecular formula is C19H31N3O4. The highest BCUT2D eigenvalue weighted by Gasteiger charge is 2.62. The Morgan fingerprint density at radius 1 is 1.00 bits per heavy atom. The van der Waals surface area contributed by atoms with Crippen LogP contribution in [0.4, 0.5) is 4.79 Å². The molecule has 7 heteroatoms. The molecule has 146 valence electrons. The molecule has 1 unspecified atom stereocenters. The molecule has 1 saturated carbocycles. The summed E-state index contributed by atoms with van der Waals surface area (Å²) in [7, 11) is 1.83. The number of rotatable bonds is 1. The minimum absolute atomic E-state index is 0.0496. The van der Waals surface area contributed by atoms with Crippen LogP contribution in [0.2, 0.25) is 0 Å². The van der Waals surface area contributed by atoms with E-state index < -0.39 is 11.5 Å². The van der Waals surface area contributed by atoms with Crippen LogP contribution in [0.25, 0.3) is 0 Å². The maximum Gasteiger partial charge on any atom is 0.410 e. The minimum atomic E-state index is -0.527. The third-order valence-corrected chi connectivity index (χ3v) is 5.99. The molecule has 0 aromatic rings. The lowest BCUT2D eigenvalue weighted by Crippen LogP contribution is -2.74. The van der Waals surface area contributed by atoms with Gasteiger partial charge in [-0.2, -0.15) is 0 Å². The lowest BCUT2D eigenvalue weighted by molar-refractivity contribution is -0.181. The van der Waals surface area contributed by atoms with E-state index in [0.29, 0.717) is 26.2 Å². The Hall–Kier alpha value is -1.79. The monoisotopic (exact) mass is 365 g/mol. The van der Waals surface area contributed by atoms with Gasteiger partial charge in [0.05, 0.1) is 5.54 Å². The molecule has 1 aliphatic carbocycles. The topological polar surface area (TPSA) is 70.2 Å². The van der Waals surface area contributed by atoms with Crippen LogP contribution in [-0.4, -0.2) is 77.0 Å². The zero-order valence-electron chi connectivity index (χ0n) is 16.4. The molecule has 1 atom stereocenters. The van der Waals surface area contributed by atoms with Crippen LogP contribution in [0, 0.1) is 5.92 Å². The average Bonchev–Trinajstić information content (AvgIpc) is 2.61. The molecule has 26 heavy (non-hydrogen) atoms. The maximum absolute atomic E-state index is 13.1. The van der Waals surface area contributed by atoms with Crippen LogP contribution in [0.3, 0.4) is 0 Å². The highest BCUT2D eigenvalue weighted by molar-refractivity contribution is 6.07. The Labute approximate surface area is 155 Å². The van der Waals surface area contributed by atoms with Gasteiger partial charge in [0.2, 0.25) is 11.8 Å². The van der Waals surface area contributed by atoms with E-state index >= 15 is 0 Å². The fourth-order valence-electron chi connectivity index (χ4n) is 4.51. The molecule has 3 aliphatic rings. The van der Waals surface area contributed by atoms with Crippen molar-refractivity contribution in [3.8, 4) is 0 Å². The van der Waals surface area contributed by atoms with Crippen molar-refractivity contribution in [3.63, 3.8) is 0 Å². The summed E-state index contributed by atoms with van der Waals surface area (Å²) in [5.41, 5.74) is -0.797. The van der Waals surface area contributed by atoms with Gasteiger partial charge < -0.3 is 19.4 Å². The lowest BCUT2D eigenvalue weighted by atomic mass is 9.64. The molecule has 2 heterocycles. The predicted molar refractivity (Wildman–Crippen MR) is 96.5 cm³/mol. The second-order valence-electron chi connectivity index (χ2n) is 8.79. The molecule has 3 amide bonds. The van der Waals surface area contributed by atoms with Crippen molar-refractivity contribution in [1.29, 1.82) is 0 Å². The van der Waals surface area contributed by atoms with E-state index in [1.54, 1.807) is 14.7 Å². The van der Waals surface area contributed by atoms with Crippen molar-refractivity contribution in [3.05, 3.63) is 0 Å². The van der Waals surface area contributed by atoms with Crippen molar-refractivity contribution < 1.29 is 19.1 Å². The first-order chi connectivity index (χ1) is 12.2. The van der Waals surface area contributed by atoms with Gasteiger partial charge in [-0.1, -0.05) is 19.3 Å². The Bertz CT molecular complexity index is 584. The van der Waals surface area contributed by atoms with Gasteiger partial charge in [-0.3, -0.25) is 9.59 Å². The first-order valence-electron chi connectivity index (χ1n) is 9.70. The van der Waals surface area contributed by atoms with Gasteiger partial charge in [-0.05, 0) is 33.6 Å². The fourth-order valence-corrected chi connectivity index (χ4v) is 4.51. The summed E-state index contributed by atoms with van der Waals surface area (Å²) in [6.45, 7) is 7.34. The normalized spacial score (nSPS) is 25.9. The molecule has 3 rings (SSSR count). The van der Waals surface area contributed by atoms with E-state index in [1.165, 1.54) is 6.42 Å². The second-order valence-corrected chi connectivity index (χ2v) is 8.79. The molecule has 7 nitrogen and oxygen atoms in total. The molecule has 0 aromatic heterocycles. The third-order valence-electron chi connectivity index (χ3n) is 5.99. The first-order valence-corrected chi connectivity index (χ1v) is 9.70. The summed E-state index contributed by atoms with van der Waals surface area (Å²) in [6, 6.07) is 0. The maximum atomic E-state index is 13.1. The number of carbonyl (C=O) groups excluding carboxylic acids is 3. The van der Waals surface area contributed by atoms with Crippen molar-refractivity contribution in [1.82, 2.24) is 14.7 Å².